The number of hydrogen-bond acceptors (Lipinski definition) is 3. The van der Waals surface area contributed by atoms with Crippen molar-refractivity contribution in [1.82, 2.24) is 4.90 Å². The molecule has 0 radical (unpaired) electrons. The third-order valence-corrected chi connectivity index (χ3v) is 3.26. The molecule has 3 nitrogen and oxygen atoms in total. The SMILES string of the molecule is NC(Cc1ccc(Cl)cc1)CN1CCOCC1. The average Bonchev–Trinajstić information content (AvgIpc) is 2.33. The maximum Gasteiger partial charge on any atom is 0.0594 e. The van der Waals surface area contributed by atoms with Crippen molar-refractivity contribution in [2.45, 2.75) is 12.5 Å². The van der Waals surface area contributed by atoms with Gasteiger partial charge in [-0.2, -0.15) is 0 Å². The lowest BCUT2D eigenvalue weighted by atomic mass is 10.1. The number of morpholine rings is 1. The molecule has 1 saturated heterocycles. The first-order chi connectivity index (χ1) is 8.24. The Kier molecular flexibility index (Phi) is 4.80. The Labute approximate surface area is 107 Å². The van der Waals surface area contributed by atoms with Gasteiger partial charge < -0.3 is 10.5 Å². The quantitative estimate of drug-likeness (QED) is 0.886. The summed E-state index contributed by atoms with van der Waals surface area (Å²) in [5.41, 5.74) is 7.40. The topological polar surface area (TPSA) is 38.5 Å². The summed E-state index contributed by atoms with van der Waals surface area (Å²) in [5.74, 6) is 0. The second-order valence-electron chi connectivity index (χ2n) is 4.50. The molecule has 0 aliphatic carbocycles. The standard InChI is InChI=1S/C13H19ClN2O/c14-12-3-1-11(2-4-12)9-13(15)10-16-5-7-17-8-6-16/h1-4,13H,5-10,15H2. The molecule has 1 fully saturated rings. The molecule has 0 bridgehead atoms. The number of halogens is 1. The van der Waals surface area contributed by atoms with E-state index in [0.29, 0.717) is 0 Å². The van der Waals surface area contributed by atoms with Crippen LogP contribution in [-0.4, -0.2) is 43.8 Å². The predicted molar refractivity (Wildman–Crippen MR) is 70.4 cm³/mol. The van der Waals surface area contributed by atoms with E-state index in [1.807, 2.05) is 24.3 Å². The van der Waals surface area contributed by atoms with Crippen LogP contribution in [0.15, 0.2) is 24.3 Å². The molecule has 0 aromatic heterocycles. The molecule has 1 aliphatic heterocycles. The van der Waals surface area contributed by atoms with Gasteiger partial charge in [-0.25, -0.2) is 0 Å². The molecule has 2 rings (SSSR count). The zero-order valence-electron chi connectivity index (χ0n) is 9.94. The first kappa shape index (κ1) is 12.8. The van der Waals surface area contributed by atoms with Gasteiger partial charge in [0.15, 0.2) is 0 Å². The summed E-state index contributed by atoms with van der Waals surface area (Å²) in [6.45, 7) is 4.58. The van der Waals surface area contributed by atoms with Crippen LogP contribution in [0, 0.1) is 0 Å². The molecule has 0 amide bonds. The Morgan fingerprint density at radius 2 is 1.88 bits per heavy atom. The summed E-state index contributed by atoms with van der Waals surface area (Å²) in [4.78, 5) is 2.37. The minimum atomic E-state index is 0.175. The maximum atomic E-state index is 6.16. The van der Waals surface area contributed by atoms with Crippen molar-refractivity contribution in [3.05, 3.63) is 34.9 Å². The second kappa shape index (κ2) is 6.36. The lowest BCUT2D eigenvalue weighted by Crippen LogP contribution is -2.44. The maximum absolute atomic E-state index is 6.16. The number of ether oxygens (including phenoxy) is 1. The van der Waals surface area contributed by atoms with Gasteiger partial charge in [0.05, 0.1) is 13.2 Å². The van der Waals surface area contributed by atoms with Gasteiger partial charge >= 0.3 is 0 Å². The summed E-state index contributed by atoms with van der Waals surface area (Å²) in [6.07, 6.45) is 0.897. The van der Waals surface area contributed by atoms with E-state index in [2.05, 4.69) is 4.90 Å². The van der Waals surface area contributed by atoms with Crippen molar-refractivity contribution in [3.8, 4) is 0 Å². The monoisotopic (exact) mass is 254 g/mol. The highest BCUT2D eigenvalue weighted by Crippen LogP contribution is 2.11. The highest BCUT2D eigenvalue weighted by atomic mass is 35.5. The van der Waals surface area contributed by atoms with Crippen LogP contribution in [0.4, 0.5) is 0 Å². The van der Waals surface area contributed by atoms with E-state index in [4.69, 9.17) is 22.1 Å². The van der Waals surface area contributed by atoms with Gasteiger partial charge in [0.25, 0.3) is 0 Å². The highest BCUT2D eigenvalue weighted by Gasteiger charge is 2.14. The van der Waals surface area contributed by atoms with Crippen LogP contribution in [0.25, 0.3) is 0 Å². The van der Waals surface area contributed by atoms with Gasteiger partial charge in [0.1, 0.15) is 0 Å². The smallest absolute Gasteiger partial charge is 0.0594 e. The molecule has 94 valence electrons. The number of benzene rings is 1. The molecular formula is C13H19ClN2O. The highest BCUT2D eigenvalue weighted by molar-refractivity contribution is 6.30. The van der Waals surface area contributed by atoms with Crippen LogP contribution >= 0.6 is 11.6 Å². The Balaban J connectivity index is 1.79. The van der Waals surface area contributed by atoms with E-state index in [-0.39, 0.29) is 6.04 Å². The van der Waals surface area contributed by atoms with E-state index in [1.165, 1.54) is 5.56 Å². The normalized spacial score (nSPS) is 19.2. The van der Waals surface area contributed by atoms with Gasteiger partial charge in [0, 0.05) is 30.7 Å². The molecule has 1 atom stereocenters. The molecule has 1 aliphatic rings. The van der Waals surface area contributed by atoms with Crippen molar-refractivity contribution < 1.29 is 4.74 Å². The largest absolute Gasteiger partial charge is 0.379 e. The van der Waals surface area contributed by atoms with E-state index >= 15 is 0 Å². The zero-order valence-corrected chi connectivity index (χ0v) is 10.7. The fraction of sp³-hybridized carbons (Fsp3) is 0.538. The Hall–Kier alpha value is -0.610. The summed E-state index contributed by atoms with van der Waals surface area (Å²) in [7, 11) is 0. The predicted octanol–water partition coefficient (Wildman–Crippen LogP) is 1.54. The van der Waals surface area contributed by atoms with Crippen molar-refractivity contribution in [1.29, 1.82) is 0 Å². The lowest BCUT2D eigenvalue weighted by Gasteiger charge is -2.29. The first-order valence-electron chi connectivity index (χ1n) is 6.04. The van der Waals surface area contributed by atoms with Crippen LogP contribution in [0.1, 0.15) is 5.56 Å². The molecule has 1 unspecified atom stereocenters. The van der Waals surface area contributed by atoms with Gasteiger partial charge in [-0.15, -0.1) is 0 Å². The van der Waals surface area contributed by atoms with Crippen LogP contribution in [0.5, 0.6) is 0 Å². The number of rotatable bonds is 4. The fourth-order valence-corrected chi connectivity index (χ4v) is 2.23. The van der Waals surface area contributed by atoms with Gasteiger partial charge in [-0.3, -0.25) is 4.90 Å². The average molecular weight is 255 g/mol. The van der Waals surface area contributed by atoms with Gasteiger partial charge in [-0.1, -0.05) is 23.7 Å². The first-order valence-corrected chi connectivity index (χ1v) is 6.42. The van der Waals surface area contributed by atoms with Crippen molar-refractivity contribution >= 4 is 11.6 Å². The summed E-state index contributed by atoms with van der Waals surface area (Å²) in [5, 5.41) is 0.774. The van der Waals surface area contributed by atoms with E-state index < -0.39 is 0 Å². The zero-order chi connectivity index (χ0) is 12.1. The van der Waals surface area contributed by atoms with Crippen molar-refractivity contribution in [2.75, 3.05) is 32.8 Å². The number of nitrogens with zero attached hydrogens (tertiary/aromatic N) is 1. The molecule has 1 heterocycles. The molecule has 1 aromatic rings. The molecule has 4 heteroatoms. The van der Waals surface area contributed by atoms with Crippen molar-refractivity contribution in [3.63, 3.8) is 0 Å². The van der Waals surface area contributed by atoms with E-state index in [9.17, 15) is 0 Å². The number of hydrogen-bond donors (Lipinski definition) is 1. The minimum absolute atomic E-state index is 0.175. The minimum Gasteiger partial charge on any atom is -0.379 e. The molecule has 0 spiro atoms. The summed E-state index contributed by atoms with van der Waals surface area (Å²) < 4.78 is 5.32. The third kappa shape index (κ3) is 4.28. The third-order valence-electron chi connectivity index (χ3n) is 3.01. The van der Waals surface area contributed by atoms with Crippen LogP contribution < -0.4 is 5.73 Å². The van der Waals surface area contributed by atoms with Crippen molar-refractivity contribution in [2.24, 2.45) is 5.73 Å². The van der Waals surface area contributed by atoms with E-state index in [0.717, 1.165) is 44.3 Å². The Bertz CT molecular complexity index is 336. The van der Waals surface area contributed by atoms with Crippen LogP contribution in [0.2, 0.25) is 5.02 Å². The van der Waals surface area contributed by atoms with Gasteiger partial charge in [-0.05, 0) is 24.1 Å². The van der Waals surface area contributed by atoms with Crippen LogP contribution in [0.3, 0.4) is 0 Å². The molecular weight excluding hydrogens is 236 g/mol. The fourth-order valence-electron chi connectivity index (χ4n) is 2.10. The Morgan fingerprint density at radius 1 is 1.24 bits per heavy atom. The van der Waals surface area contributed by atoms with Crippen LogP contribution in [-0.2, 0) is 11.2 Å². The molecule has 2 N–H and O–H groups in total. The number of nitrogens with two attached hydrogens (primary N) is 1. The molecule has 0 saturated carbocycles. The molecule has 1 aromatic carbocycles. The summed E-state index contributed by atoms with van der Waals surface area (Å²) in [6, 6.07) is 8.09. The van der Waals surface area contributed by atoms with Gasteiger partial charge in [0.2, 0.25) is 0 Å². The Morgan fingerprint density at radius 3 is 2.53 bits per heavy atom. The lowest BCUT2D eigenvalue weighted by molar-refractivity contribution is 0.0353. The molecule has 17 heavy (non-hydrogen) atoms. The summed E-state index contributed by atoms with van der Waals surface area (Å²) >= 11 is 5.85. The second-order valence-corrected chi connectivity index (χ2v) is 4.94. The van der Waals surface area contributed by atoms with E-state index in [1.54, 1.807) is 0 Å².